The van der Waals surface area contributed by atoms with Crippen LogP contribution < -0.4 is 0 Å². The van der Waals surface area contributed by atoms with Gasteiger partial charge in [-0.15, -0.1) is 0 Å². The number of carbonyl (C=O) groups excluding carboxylic acids is 1. The topological polar surface area (TPSA) is 114 Å². The van der Waals surface area contributed by atoms with Crippen molar-refractivity contribution in [1.29, 1.82) is 5.26 Å². The number of carbonyl (C=O) groups is 1. The van der Waals surface area contributed by atoms with Gasteiger partial charge in [-0.25, -0.2) is 4.79 Å². The maximum Gasteiger partial charge on any atom is 0.432 e. The average molecular weight is 593 g/mol. The van der Waals surface area contributed by atoms with Gasteiger partial charge >= 0.3 is 12.1 Å². The normalized spacial score (nSPS) is 22.2. The second kappa shape index (κ2) is 9.76. The molecule has 0 saturated carbocycles. The van der Waals surface area contributed by atoms with Crippen molar-refractivity contribution in [2.24, 2.45) is 0 Å². The number of esters is 1. The first kappa shape index (κ1) is 28.6. The molecule has 1 fully saturated rings. The highest BCUT2D eigenvalue weighted by Crippen LogP contribution is 2.65. The van der Waals surface area contributed by atoms with Crippen molar-refractivity contribution >= 4 is 16.7 Å². The van der Waals surface area contributed by atoms with Crippen LogP contribution in [0.4, 0.5) is 13.2 Å². The van der Waals surface area contributed by atoms with Gasteiger partial charge in [-0.2, -0.15) is 18.4 Å². The van der Waals surface area contributed by atoms with E-state index >= 15 is 0 Å². The summed E-state index contributed by atoms with van der Waals surface area (Å²) in [5.41, 5.74) is -4.48. The van der Waals surface area contributed by atoms with Crippen molar-refractivity contribution < 1.29 is 42.4 Å². The first-order valence-electron chi connectivity index (χ1n) is 13.6. The molecule has 1 saturated heterocycles. The van der Waals surface area contributed by atoms with E-state index in [1.165, 1.54) is 22.8 Å². The van der Waals surface area contributed by atoms with Gasteiger partial charge in [-0.1, -0.05) is 54.6 Å². The molecule has 0 spiro atoms. The van der Waals surface area contributed by atoms with E-state index in [1.54, 1.807) is 43.3 Å². The molecule has 2 N–H and O–H groups in total. The molecule has 43 heavy (non-hydrogen) atoms. The van der Waals surface area contributed by atoms with Crippen molar-refractivity contribution in [3.8, 4) is 23.5 Å². The summed E-state index contributed by atoms with van der Waals surface area (Å²) in [6.45, 7) is 1.29. The van der Waals surface area contributed by atoms with E-state index in [9.17, 15) is 33.4 Å². The lowest BCUT2D eigenvalue weighted by molar-refractivity contribution is -0.276. The molecule has 2 aliphatic heterocycles. The number of methoxy groups -OCH3 is 1. The number of aromatic nitrogens is 1. The van der Waals surface area contributed by atoms with Crippen LogP contribution in [0.2, 0.25) is 0 Å². The van der Waals surface area contributed by atoms with E-state index in [2.05, 4.69) is 6.07 Å². The third-order valence-electron chi connectivity index (χ3n) is 8.71. The number of benzene rings is 3. The summed E-state index contributed by atoms with van der Waals surface area (Å²) >= 11 is 0. The number of fused-ring (bicyclic) bond motifs is 6. The molecule has 3 aromatic carbocycles. The van der Waals surface area contributed by atoms with Gasteiger partial charge in [0.1, 0.15) is 5.60 Å². The summed E-state index contributed by atoms with van der Waals surface area (Å²) in [6, 6.07) is 19.0. The van der Waals surface area contributed by atoms with Crippen LogP contribution in [-0.2, 0) is 35.8 Å². The molecule has 3 atom stereocenters. The van der Waals surface area contributed by atoms with Crippen molar-refractivity contribution in [3.63, 3.8) is 0 Å². The zero-order valence-corrected chi connectivity index (χ0v) is 23.2. The average Bonchev–Trinajstić information content (AvgIpc) is 3.57. The van der Waals surface area contributed by atoms with E-state index in [0.29, 0.717) is 46.0 Å². The number of ether oxygens (including phenoxy) is 3. The molecule has 8 nitrogen and oxygen atoms in total. The Labute approximate surface area is 244 Å². The highest BCUT2D eigenvalue weighted by molar-refractivity contribution is 5.95. The fourth-order valence-electron chi connectivity index (χ4n) is 6.71. The van der Waals surface area contributed by atoms with Gasteiger partial charge in [0.15, 0.2) is 0 Å². The van der Waals surface area contributed by atoms with Gasteiger partial charge in [0.05, 0.1) is 40.7 Å². The van der Waals surface area contributed by atoms with E-state index in [0.717, 1.165) is 19.2 Å². The predicted octanol–water partition coefficient (Wildman–Crippen LogP) is 6.19. The van der Waals surface area contributed by atoms with Gasteiger partial charge in [0.2, 0.25) is 11.8 Å². The monoisotopic (exact) mass is 592 g/mol. The number of hydrogen-bond acceptors (Lipinski definition) is 7. The van der Waals surface area contributed by atoms with Crippen molar-refractivity contribution in [2.75, 3.05) is 13.7 Å². The molecule has 0 radical (unpaired) electrons. The zero-order chi connectivity index (χ0) is 30.8. The highest BCUT2D eigenvalue weighted by atomic mass is 19.4. The van der Waals surface area contributed by atoms with Gasteiger partial charge in [-0.05, 0) is 31.9 Å². The molecule has 11 heteroatoms. The first-order valence-corrected chi connectivity index (χ1v) is 13.6. The number of rotatable bonds is 7. The Morgan fingerprint density at radius 3 is 2.30 bits per heavy atom. The van der Waals surface area contributed by atoms with Gasteiger partial charge in [-0.3, -0.25) is 4.57 Å². The van der Waals surface area contributed by atoms with Crippen molar-refractivity contribution in [3.05, 3.63) is 89.0 Å². The molecule has 4 aromatic rings. The smallest absolute Gasteiger partial charge is 0.432 e. The van der Waals surface area contributed by atoms with Gasteiger partial charge in [0.25, 0.3) is 5.60 Å². The standard InChI is InChI=1S/C32H27F3N2O6/c1-29-14-15-30(43-29,16-17-42-28(40)31(41-2,32(33,34)35)20-8-4-3-5-9-20)25-24(29)26(38)37(27(25)39)23-13-12-19(18-36)21-10-6-7-11-22(21)23/h3-13,38-39H,14-17H2,1-2H3/t29-,30-,31-/m1/s1. The fourth-order valence-corrected chi connectivity index (χ4v) is 6.71. The summed E-state index contributed by atoms with van der Waals surface area (Å²) in [6.07, 6.45) is -4.38. The largest absolute Gasteiger partial charge is 0.494 e. The molecule has 3 heterocycles. The number of nitriles is 1. The van der Waals surface area contributed by atoms with Crippen LogP contribution in [0.3, 0.4) is 0 Å². The maximum absolute atomic E-state index is 14.3. The number of aromatic hydroxyl groups is 2. The molecular weight excluding hydrogens is 565 g/mol. The van der Waals surface area contributed by atoms with Gasteiger partial charge < -0.3 is 24.4 Å². The quantitative estimate of drug-likeness (QED) is 0.246. The first-order chi connectivity index (χ1) is 20.4. The van der Waals surface area contributed by atoms with Crippen molar-refractivity contribution in [2.45, 2.75) is 49.2 Å². The summed E-state index contributed by atoms with van der Waals surface area (Å²) in [5, 5.41) is 33.9. The number of halogens is 3. The Morgan fingerprint density at radius 1 is 1.00 bits per heavy atom. The van der Waals surface area contributed by atoms with Crippen LogP contribution in [0.25, 0.3) is 16.5 Å². The van der Waals surface area contributed by atoms with E-state index in [4.69, 9.17) is 14.2 Å². The number of hydrogen-bond donors (Lipinski definition) is 2. The van der Waals surface area contributed by atoms with Crippen LogP contribution in [-0.4, -0.2) is 40.6 Å². The molecule has 0 unspecified atom stereocenters. The molecule has 6 rings (SSSR count). The van der Waals surface area contributed by atoms with Gasteiger partial charge in [0, 0.05) is 29.9 Å². The Bertz CT molecular complexity index is 1800. The Kier molecular flexibility index (Phi) is 6.49. The second-order valence-corrected chi connectivity index (χ2v) is 11.0. The molecule has 2 aliphatic rings. The van der Waals surface area contributed by atoms with Crippen LogP contribution in [0.15, 0.2) is 66.7 Å². The van der Waals surface area contributed by atoms with E-state index in [1.807, 2.05) is 0 Å². The zero-order valence-electron chi connectivity index (χ0n) is 23.2. The Balaban J connectivity index is 1.36. The molecular formula is C32H27F3N2O6. The Hall–Kier alpha value is -4.53. The predicted molar refractivity (Wildman–Crippen MR) is 147 cm³/mol. The Morgan fingerprint density at radius 2 is 1.65 bits per heavy atom. The minimum absolute atomic E-state index is 0.0844. The van der Waals surface area contributed by atoms with E-state index in [-0.39, 0.29) is 18.2 Å². The third kappa shape index (κ3) is 3.93. The summed E-state index contributed by atoms with van der Waals surface area (Å²) in [5.74, 6) is -2.18. The van der Waals surface area contributed by atoms with Crippen LogP contribution >= 0.6 is 0 Å². The lowest BCUT2D eigenvalue weighted by Crippen LogP contribution is -2.52. The summed E-state index contributed by atoms with van der Waals surface area (Å²) < 4.78 is 60.7. The molecule has 0 aliphatic carbocycles. The lowest BCUT2D eigenvalue weighted by atomic mass is 9.78. The van der Waals surface area contributed by atoms with E-state index < -0.39 is 41.1 Å². The second-order valence-electron chi connectivity index (χ2n) is 11.0. The highest BCUT2D eigenvalue weighted by Gasteiger charge is 2.65. The summed E-state index contributed by atoms with van der Waals surface area (Å²) in [7, 11) is 0.797. The number of alkyl halides is 3. The van der Waals surface area contributed by atoms with Crippen LogP contribution in [0, 0.1) is 11.3 Å². The number of nitrogens with zero attached hydrogens (tertiary/aromatic N) is 2. The van der Waals surface area contributed by atoms with Crippen LogP contribution in [0.1, 0.15) is 48.4 Å². The molecule has 222 valence electrons. The summed E-state index contributed by atoms with van der Waals surface area (Å²) in [4.78, 5) is 13.1. The minimum Gasteiger partial charge on any atom is -0.494 e. The minimum atomic E-state index is -5.12. The fraction of sp³-hybridized carbons (Fsp3) is 0.312. The third-order valence-corrected chi connectivity index (χ3v) is 8.71. The van der Waals surface area contributed by atoms with Crippen LogP contribution in [0.5, 0.6) is 11.8 Å². The maximum atomic E-state index is 14.3. The SMILES string of the molecule is CO[C@@](C(=O)OCC[C@@]12CC[C@@](C)(O1)c1c2c(O)n(-c2ccc(C#N)c3ccccc23)c1O)(c1ccccc1)C(F)(F)F. The molecule has 2 bridgehead atoms. The molecule has 0 amide bonds. The lowest BCUT2D eigenvalue weighted by Gasteiger charge is -2.33. The van der Waals surface area contributed by atoms with Crippen molar-refractivity contribution in [1.82, 2.24) is 4.57 Å². The molecule has 1 aromatic heterocycles.